The fraction of sp³-hybridized carbons (Fsp3) is 0.714. The summed E-state index contributed by atoms with van der Waals surface area (Å²) in [5, 5.41) is 2.77. The summed E-state index contributed by atoms with van der Waals surface area (Å²) in [6.45, 7) is 5.42. The van der Waals surface area contributed by atoms with Gasteiger partial charge in [-0.1, -0.05) is 12.3 Å². The Hall–Kier alpha value is -1.50. The summed E-state index contributed by atoms with van der Waals surface area (Å²) in [6, 6.07) is -0.138. The van der Waals surface area contributed by atoms with Gasteiger partial charge in [-0.25, -0.2) is 4.79 Å². The summed E-state index contributed by atoms with van der Waals surface area (Å²) in [6.07, 6.45) is 7.35. The zero-order chi connectivity index (χ0) is 13.8. The summed E-state index contributed by atoms with van der Waals surface area (Å²) in [5.74, 6) is 2.24. The molecule has 1 fully saturated rings. The molecule has 1 N–H and O–H groups in total. The minimum Gasteiger partial charge on any atom is -0.444 e. The maximum atomic E-state index is 11.8. The predicted molar refractivity (Wildman–Crippen MR) is 69.0 cm³/mol. The number of Topliss-reactive ketones (excluding diaryl/α,β-unsaturated/α-hetero) is 1. The van der Waals surface area contributed by atoms with Crippen LogP contribution < -0.4 is 5.32 Å². The standard InChI is InChI=1S/C14H21NO3/c1-5-7-12(16)10-8-6-9-11(10)15-13(17)18-14(2,3)4/h1,10-11H,6-9H2,2-4H3,(H,15,17). The van der Waals surface area contributed by atoms with Crippen LogP contribution in [0.3, 0.4) is 0 Å². The summed E-state index contributed by atoms with van der Waals surface area (Å²) in [7, 11) is 0. The minimum absolute atomic E-state index is 0.0380. The van der Waals surface area contributed by atoms with Crippen LogP contribution in [0.1, 0.15) is 46.5 Å². The van der Waals surface area contributed by atoms with Gasteiger partial charge >= 0.3 is 6.09 Å². The number of ketones is 1. The second-order valence-corrected chi connectivity index (χ2v) is 5.64. The molecule has 0 radical (unpaired) electrons. The molecule has 0 aromatic heterocycles. The third-order valence-electron chi connectivity index (χ3n) is 2.91. The monoisotopic (exact) mass is 251 g/mol. The molecule has 4 nitrogen and oxygen atoms in total. The van der Waals surface area contributed by atoms with Crippen LogP contribution in [0.5, 0.6) is 0 Å². The van der Waals surface area contributed by atoms with Crippen LogP contribution in [0.2, 0.25) is 0 Å². The van der Waals surface area contributed by atoms with Gasteiger partial charge in [0.15, 0.2) is 0 Å². The highest BCUT2D eigenvalue weighted by Gasteiger charge is 2.34. The van der Waals surface area contributed by atoms with Crippen molar-refractivity contribution in [3.63, 3.8) is 0 Å². The predicted octanol–water partition coefficient (Wildman–Crippen LogP) is 2.27. The largest absolute Gasteiger partial charge is 0.444 e. The number of rotatable bonds is 3. The van der Waals surface area contributed by atoms with Crippen molar-refractivity contribution in [1.82, 2.24) is 5.32 Å². The smallest absolute Gasteiger partial charge is 0.407 e. The van der Waals surface area contributed by atoms with Crippen LogP contribution in [0, 0.1) is 18.3 Å². The van der Waals surface area contributed by atoms with E-state index in [9.17, 15) is 9.59 Å². The number of hydrogen-bond acceptors (Lipinski definition) is 3. The van der Waals surface area contributed by atoms with Gasteiger partial charge in [0.2, 0.25) is 0 Å². The first-order valence-electron chi connectivity index (χ1n) is 6.29. The lowest BCUT2D eigenvalue weighted by Gasteiger charge is -2.24. The molecule has 0 saturated heterocycles. The quantitative estimate of drug-likeness (QED) is 0.783. The molecule has 0 bridgehead atoms. The summed E-state index contributed by atoms with van der Waals surface area (Å²) in [4.78, 5) is 23.4. The van der Waals surface area contributed by atoms with Crippen molar-refractivity contribution in [3.05, 3.63) is 0 Å². The molecule has 0 aromatic carbocycles. The number of carbonyl (C=O) groups excluding carboxylic acids is 2. The molecule has 100 valence electrons. The lowest BCUT2D eigenvalue weighted by molar-refractivity contribution is -0.122. The van der Waals surface area contributed by atoms with E-state index < -0.39 is 11.7 Å². The molecule has 4 heteroatoms. The summed E-state index contributed by atoms with van der Waals surface area (Å²) in [5.41, 5.74) is -0.527. The van der Waals surface area contributed by atoms with Crippen LogP contribution in [0.4, 0.5) is 4.79 Å². The highest BCUT2D eigenvalue weighted by atomic mass is 16.6. The molecule has 1 aliphatic carbocycles. The molecule has 18 heavy (non-hydrogen) atoms. The van der Waals surface area contributed by atoms with E-state index in [4.69, 9.17) is 11.2 Å². The van der Waals surface area contributed by atoms with Gasteiger partial charge in [-0.15, -0.1) is 6.42 Å². The van der Waals surface area contributed by atoms with Crippen molar-refractivity contribution >= 4 is 11.9 Å². The molecule has 2 atom stereocenters. The van der Waals surface area contributed by atoms with Crippen molar-refractivity contribution in [2.45, 2.75) is 58.1 Å². The lowest BCUT2D eigenvalue weighted by Crippen LogP contribution is -2.42. The Morgan fingerprint density at radius 1 is 1.39 bits per heavy atom. The zero-order valence-corrected chi connectivity index (χ0v) is 11.3. The number of alkyl carbamates (subject to hydrolysis) is 1. The zero-order valence-electron chi connectivity index (χ0n) is 11.3. The fourth-order valence-corrected chi connectivity index (χ4v) is 2.21. The van der Waals surface area contributed by atoms with Gasteiger partial charge in [0.05, 0.1) is 6.42 Å². The van der Waals surface area contributed by atoms with Crippen molar-refractivity contribution in [1.29, 1.82) is 0 Å². The van der Waals surface area contributed by atoms with Gasteiger partial charge < -0.3 is 10.1 Å². The Kier molecular flexibility index (Phi) is 4.77. The maximum absolute atomic E-state index is 11.8. The Balaban J connectivity index is 2.53. The van der Waals surface area contributed by atoms with Crippen LogP contribution >= 0.6 is 0 Å². The number of terminal acetylenes is 1. The van der Waals surface area contributed by atoms with E-state index in [0.29, 0.717) is 0 Å². The Labute approximate surface area is 108 Å². The third-order valence-corrected chi connectivity index (χ3v) is 2.91. The molecule has 1 aliphatic rings. The fourth-order valence-electron chi connectivity index (χ4n) is 2.21. The average molecular weight is 251 g/mol. The molecule has 0 spiro atoms. The number of hydrogen-bond donors (Lipinski definition) is 1. The third kappa shape index (κ3) is 4.40. The molecule has 0 aliphatic heterocycles. The average Bonchev–Trinajstić information content (AvgIpc) is 2.62. The summed E-state index contributed by atoms with van der Waals surface area (Å²) < 4.78 is 5.19. The first-order valence-corrected chi connectivity index (χ1v) is 6.29. The topological polar surface area (TPSA) is 55.4 Å². The molecule has 0 heterocycles. The van der Waals surface area contributed by atoms with Crippen molar-refractivity contribution in [2.75, 3.05) is 0 Å². The molecule has 1 amide bonds. The number of ether oxygens (including phenoxy) is 1. The van der Waals surface area contributed by atoms with Crippen molar-refractivity contribution in [3.8, 4) is 12.3 Å². The first-order chi connectivity index (χ1) is 8.33. The van der Waals surface area contributed by atoms with Crippen LogP contribution in [0.25, 0.3) is 0 Å². The highest BCUT2D eigenvalue weighted by molar-refractivity contribution is 5.84. The maximum Gasteiger partial charge on any atom is 0.407 e. The number of nitrogens with one attached hydrogen (secondary N) is 1. The van der Waals surface area contributed by atoms with Gasteiger partial charge in [0.25, 0.3) is 0 Å². The van der Waals surface area contributed by atoms with Crippen LogP contribution in [-0.2, 0) is 9.53 Å². The highest BCUT2D eigenvalue weighted by Crippen LogP contribution is 2.27. The van der Waals surface area contributed by atoms with E-state index >= 15 is 0 Å². The Morgan fingerprint density at radius 3 is 2.61 bits per heavy atom. The normalized spacial score (nSPS) is 23.2. The molecular formula is C14H21NO3. The van der Waals surface area contributed by atoms with E-state index in [1.54, 1.807) is 0 Å². The Morgan fingerprint density at radius 2 is 2.06 bits per heavy atom. The van der Waals surface area contributed by atoms with Crippen LogP contribution in [0.15, 0.2) is 0 Å². The second-order valence-electron chi connectivity index (χ2n) is 5.64. The SMILES string of the molecule is C#CCC(=O)C1CCCC1NC(=O)OC(C)(C)C. The molecule has 2 unspecified atom stereocenters. The van der Waals surface area contributed by atoms with Gasteiger partial charge in [-0.05, 0) is 33.6 Å². The van der Waals surface area contributed by atoms with E-state index in [0.717, 1.165) is 19.3 Å². The number of amides is 1. The van der Waals surface area contributed by atoms with E-state index in [2.05, 4.69) is 11.2 Å². The first kappa shape index (κ1) is 14.6. The van der Waals surface area contributed by atoms with E-state index in [1.165, 1.54) is 0 Å². The molecule has 1 saturated carbocycles. The van der Waals surface area contributed by atoms with Gasteiger partial charge in [-0.3, -0.25) is 4.79 Å². The van der Waals surface area contributed by atoms with Crippen molar-refractivity contribution in [2.24, 2.45) is 5.92 Å². The lowest BCUT2D eigenvalue weighted by atomic mass is 9.96. The summed E-state index contributed by atoms with van der Waals surface area (Å²) >= 11 is 0. The minimum atomic E-state index is -0.527. The molecular weight excluding hydrogens is 230 g/mol. The van der Waals surface area contributed by atoms with E-state index in [1.807, 2.05) is 20.8 Å². The van der Waals surface area contributed by atoms with Gasteiger partial charge in [-0.2, -0.15) is 0 Å². The van der Waals surface area contributed by atoms with Crippen LogP contribution in [-0.4, -0.2) is 23.5 Å². The van der Waals surface area contributed by atoms with Gasteiger partial charge in [0, 0.05) is 12.0 Å². The van der Waals surface area contributed by atoms with Crippen molar-refractivity contribution < 1.29 is 14.3 Å². The van der Waals surface area contributed by atoms with E-state index in [-0.39, 0.29) is 24.2 Å². The van der Waals surface area contributed by atoms with Gasteiger partial charge in [0.1, 0.15) is 11.4 Å². The molecule has 1 rings (SSSR count). The number of carbonyl (C=O) groups is 2. The Bertz CT molecular complexity index is 362. The molecule has 0 aromatic rings. The second kappa shape index (κ2) is 5.90.